The smallest absolute Gasteiger partial charge is 0.0230 e. The number of rotatable bonds is 10. The van der Waals surface area contributed by atoms with Crippen molar-refractivity contribution >= 4 is 0 Å². The zero-order valence-corrected chi connectivity index (χ0v) is 13.7. The molecule has 0 rings (SSSR count). The largest absolute Gasteiger partial charge is 0.298 e. The highest BCUT2D eigenvalue weighted by Crippen LogP contribution is 2.06. The van der Waals surface area contributed by atoms with Gasteiger partial charge < -0.3 is 0 Å². The zero-order valence-electron chi connectivity index (χ0n) is 13.7. The first kappa shape index (κ1) is 18.7. The summed E-state index contributed by atoms with van der Waals surface area (Å²) in [5, 5.41) is 0. The van der Waals surface area contributed by atoms with Crippen LogP contribution in [0.3, 0.4) is 0 Å². The van der Waals surface area contributed by atoms with Crippen LogP contribution in [0.5, 0.6) is 0 Å². The monoisotopic (exact) mass is 273 g/mol. The van der Waals surface area contributed by atoms with Gasteiger partial charge in [0.05, 0.1) is 0 Å². The van der Waals surface area contributed by atoms with Crippen LogP contribution in [0.2, 0.25) is 0 Å². The quantitative estimate of drug-likeness (QED) is 0.385. The molecule has 0 saturated carbocycles. The third-order valence-corrected chi connectivity index (χ3v) is 3.14. The van der Waals surface area contributed by atoms with Gasteiger partial charge >= 0.3 is 0 Å². The van der Waals surface area contributed by atoms with Gasteiger partial charge in [-0.3, -0.25) is 4.90 Å². The molecule has 20 heavy (non-hydrogen) atoms. The van der Waals surface area contributed by atoms with E-state index in [1.165, 1.54) is 11.1 Å². The summed E-state index contributed by atoms with van der Waals surface area (Å²) in [4.78, 5) is 2.31. The molecule has 0 aliphatic rings. The fraction of sp³-hybridized carbons (Fsp3) is 0.474. The molecule has 0 aromatic carbocycles. The molecule has 0 heterocycles. The third-order valence-electron chi connectivity index (χ3n) is 3.14. The molecule has 0 aliphatic carbocycles. The van der Waals surface area contributed by atoms with Gasteiger partial charge in [-0.1, -0.05) is 55.0 Å². The molecule has 0 aliphatic heterocycles. The van der Waals surface area contributed by atoms with E-state index in [0.29, 0.717) is 0 Å². The molecular weight excluding hydrogens is 242 g/mol. The Hall–Kier alpha value is -1.34. The van der Waals surface area contributed by atoms with Crippen LogP contribution in [0, 0.1) is 0 Å². The van der Waals surface area contributed by atoms with Gasteiger partial charge in [0.15, 0.2) is 0 Å². The van der Waals surface area contributed by atoms with Crippen molar-refractivity contribution in [3.8, 4) is 0 Å². The van der Waals surface area contributed by atoms with Crippen molar-refractivity contribution in [3.63, 3.8) is 0 Å². The second-order valence-corrected chi connectivity index (χ2v) is 5.11. The number of allylic oxidation sites excluding steroid dienone is 6. The van der Waals surface area contributed by atoms with Gasteiger partial charge in [0.2, 0.25) is 0 Å². The minimum absolute atomic E-state index is 0.932. The van der Waals surface area contributed by atoms with E-state index in [4.69, 9.17) is 0 Å². The Bertz CT molecular complexity index is 369. The summed E-state index contributed by atoms with van der Waals surface area (Å²) in [5.74, 6) is 0. The molecule has 112 valence electrons. The van der Waals surface area contributed by atoms with E-state index in [0.717, 1.165) is 32.4 Å². The molecule has 0 fully saturated rings. The molecule has 0 radical (unpaired) electrons. The second-order valence-electron chi connectivity index (χ2n) is 5.11. The minimum atomic E-state index is 0.932. The summed E-state index contributed by atoms with van der Waals surface area (Å²) in [7, 11) is 2.15. The van der Waals surface area contributed by atoms with Crippen LogP contribution in [0.25, 0.3) is 0 Å². The lowest BCUT2D eigenvalue weighted by Crippen LogP contribution is -2.20. The fourth-order valence-corrected chi connectivity index (χ4v) is 1.71. The van der Waals surface area contributed by atoms with Crippen molar-refractivity contribution < 1.29 is 0 Å². The number of likely N-dealkylation sites (N-methyl/N-ethyl adjacent to an activating group) is 1. The van der Waals surface area contributed by atoms with Crippen LogP contribution >= 0.6 is 0 Å². The van der Waals surface area contributed by atoms with Crippen LogP contribution < -0.4 is 0 Å². The summed E-state index contributed by atoms with van der Waals surface area (Å²) in [5.41, 5.74) is 2.82. The molecule has 0 spiro atoms. The molecular formula is C19H31N. The van der Waals surface area contributed by atoms with E-state index in [2.05, 4.69) is 75.8 Å². The summed E-state index contributed by atoms with van der Waals surface area (Å²) >= 11 is 0. The molecule has 0 atom stereocenters. The summed E-state index contributed by atoms with van der Waals surface area (Å²) in [6, 6.07) is 0. The van der Waals surface area contributed by atoms with Gasteiger partial charge in [-0.2, -0.15) is 0 Å². The lowest BCUT2D eigenvalue weighted by molar-refractivity contribution is 0.405. The van der Waals surface area contributed by atoms with E-state index in [1.807, 2.05) is 6.08 Å². The average Bonchev–Trinajstić information content (AvgIpc) is 2.46. The summed E-state index contributed by atoms with van der Waals surface area (Å²) in [6.45, 7) is 12.2. The summed E-state index contributed by atoms with van der Waals surface area (Å²) in [6.07, 6.45) is 18.4. The molecule has 0 aromatic heterocycles. The topological polar surface area (TPSA) is 3.24 Å². The molecule has 1 nitrogen and oxygen atoms in total. The fourth-order valence-electron chi connectivity index (χ4n) is 1.71. The van der Waals surface area contributed by atoms with E-state index >= 15 is 0 Å². The Morgan fingerprint density at radius 3 is 2.50 bits per heavy atom. The minimum Gasteiger partial charge on any atom is -0.298 e. The maximum atomic E-state index is 3.79. The summed E-state index contributed by atoms with van der Waals surface area (Å²) < 4.78 is 0. The maximum absolute atomic E-state index is 3.79. The molecule has 1 heteroatoms. The lowest BCUT2D eigenvalue weighted by atomic mass is 10.1. The van der Waals surface area contributed by atoms with Crippen LogP contribution in [-0.2, 0) is 0 Å². The van der Waals surface area contributed by atoms with Crippen molar-refractivity contribution in [2.75, 3.05) is 20.1 Å². The number of hydrogen-bond acceptors (Lipinski definition) is 1. The van der Waals surface area contributed by atoms with E-state index < -0.39 is 0 Å². The van der Waals surface area contributed by atoms with Crippen molar-refractivity contribution in [3.05, 3.63) is 60.3 Å². The predicted octanol–water partition coefficient (Wildman–Crippen LogP) is 5.30. The van der Waals surface area contributed by atoms with Crippen LogP contribution in [0.4, 0.5) is 0 Å². The highest BCUT2D eigenvalue weighted by atomic mass is 15.1. The highest BCUT2D eigenvalue weighted by Gasteiger charge is 1.98. The van der Waals surface area contributed by atoms with E-state index in [-0.39, 0.29) is 0 Å². The Morgan fingerprint density at radius 1 is 1.15 bits per heavy atom. The normalized spacial score (nSPS) is 13.8. The molecule has 0 aromatic rings. The number of nitrogens with zero attached hydrogens (tertiary/aromatic N) is 1. The van der Waals surface area contributed by atoms with Crippen LogP contribution in [0.1, 0.15) is 40.0 Å². The molecule has 0 saturated heterocycles. The Kier molecular flexibility index (Phi) is 11.8. The SMILES string of the molecule is C=CC/C=C(/C=C\CC=C(C)CC)CN(C)C/C=C\C. The second kappa shape index (κ2) is 12.7. The van der Waals surface area contributed by atoms with Gasteiger partial charge in [0.1, 0.15) is 0 Å². The van der Waals surface area contributed by atoms with Crippen LogP contribution in [-0.4, -0.2) is 25.0 Å². The highest BCUT2D eigenvalue weighted by molar-refractivity contribution is 5.22. The van der Waals surface area contributed by atoms with E-state index in [1.54, 1.807) is 0 Å². The molecule has 0 amide bonds. The van der Waals surface area contributed by atoms with Crippen molar-refractivity contribution in [1.82, 2.24) is 4.90 Å². The van der Waals surface area contributed by atoms with Crippen molar-refractivity contribution in [2.24, 2.45) is 0 Å². The zero-order chi connectivity index (χ0) is 15.2. The Balaban J connectivity index is 4.49. The van der Waals surface area contributed by atoms with Gasteiger partial charge in [0.25, 0.3) is 0 Å². The first-order valence-electron chi connectivity index (χ1n) is 7.55. The van der Waals surface area contributed by atoms with Gasteiger partial charge in [-0.05, 0) is 45.7 Å². The molecule has 0 N–H and O–H groups in total. The van der Waals surface area contributed by atoms with E-state index in [9.17, 15) is 0 Å². The average molecular weight is 273 g/mol. The standard InChI is InChI=1S/C19H31N/c1-6-9-14-19(17-20(5)16-10-7-2)15-12-11-13-18(4)8-3/h6-7,10,12-15H,1,8-9,11,16-17H2,2-5H3/b10-7-,15-12-,18-13?,19-14-. The predicted molar refractivity (Wildman–Crippen MR) is 93.0 cm³/mol. The Morgan fingerprint density at radius 2 is 1.90 bits per heavy atom. The molecule has 0 unspecified atom stereocenters. The van der Waals surface area contributed by atoms with Gasteiger partial charge in [0, 0.05) is 13.1 Å². The molecule has 0 bridgehead atoms. The maximum Gasteiger partial charge on any atom is 0.0230 e. The first-order chi connectivity index (χ1) is 9.63. The van der Waals surface area contributed by atoms with Gasteiger partial charge in [-0.15, -0.1) is 6.58 Å². The third kappa shape index (κ3) is 10.6. The van der Waals surface area contributed by atoms with Gasteiger partial charge in [-0.25, -0.2) is 0 Å². The Labute approximate surface area is 126 Å². The van der Waals surface area contributed by atoms with Crippen molar-refractivity contribution in [1.29, 1.82) is 0 Å². The van der Waals surface area contributed by atoms with Crippen molar-refractivity contribution in [2.45, 2.75) is 40.0 Å². The van der Waals surface area contributed by atoms with Crippen LogP contribution in [0.15, 0.2) is 60.3 Å². The lowest BCUT2D eigenvalue weighted by Gasteiger charge is -2.15. The first-order valence-corrected chi connectivity index (χ1v) is 7.55. The number of hydrogen-bond donors (Lipinski definition) is 0.